The average Bonchev–Trinajstić information content (AvgIpc) is 2.39. The molecule has 1 aromatic carbocycles. The Bertz CT molecular complexity index is 407. The van der Waals surface area contributed by atoms with Crippen LogP contribution < -0.4 is 20.1 Å². The van der Waals surface area contributed by atoms with Crippen molar-refractivity contribution in [1.82, 2.24) is 10.6 Å². The second-order valence-electron chi connectivity index (χ2n) is 3.88. The molecule has 1 unspecified atom stereocenters. The quantitative estimate of drug-likeness (QED) is 0.790. The van der Waals surface area contributed by atoms with Gasteiger partial charge in [-0.3, -0.25) is 4.79 Å². The second-order valence-corrected chi connectivity index (χ2v) is 3.88. The molecule has 18 heavy (non-hydrogen) atoms. The lowest BCUT2D eigenvalue weighted by atomic mass is 10.2. The Morgan fingerprint density at radius 3 is 2.67 bits per heavy atom. The van der Waals surface area contributed by atoms with E-state index in [1.54, 1.807) is 21.1 Å². The fourth-order valence-corrected chi connectivity index (χ4v) is 1.57. The van der Waals surface area contributed by atoms with Crippen LogP contribution in [-0.4, -0.2) is 33.2 Å². The van der Waals surface area contributed by atoms with Crippen LogP contribution in [0.1, 0.15) is 12.5 Å². The minimum atomic E-state index is -0.529. The minimum absolute atomic E-state index is 0.152. The topological polar surface area (TPSA) is 59.6 Å². The lowest BCUT2D eigenvalue weighted by Gasteiger charge is -2.17. The molecule has 0 fully saturated rings. The number of amides is 1. The predicted octanol–water partition coefficient (Wildman–Crippen LogP) is 0.928. The van der Waals surface area contributed by atoms with E-state index in [-0.39, 0.29) is 5.91 Å². The van der Waals surface area contributed by atoms with E-state index >= 15 is 0 Å². The molecule has 100 valence electrons. The van der Waals surface area contributed by atoms with Gasteiger partial charge in [0.2, 0.25) is 0 Å². The van der Waals surface area contributed by atoms with Gasteiger partial charge in [0.25, 0.3) is 5.91 Å². The maximum atomic E-state index is 11.4. The van der Waals surface area contributed by atoms with Crippen LogP contribution in [-0.2, 0) is 11.3 Å². The van der Waals surface area contributed by atoms with Crippen molar-refractivity contribution in [2.45, 2.75) is 19.6 Å². The first-order valence-corrected chi connectivity index (χ1v) is 5.82. The summed E-state index contributed by atoms with van der Waals surface area (Å²) < 4.78 is 10.8. The fraction of sp³-hybridized carbons (Fsp3) is 0.462. The summed E-state index contributed by atoms with van der Waals surface area (Å²) >= 11 is 0. The zero-order chi connectivity index (χ0) is 13.5. The Morgan fingerprint density at radius 2 is 2.11 bits per heavy atom. The molecule has 0 aliphatic heterocycles. The zero-order valence-corrected chi connectivity index (χ0v) is 11.2. The summed E-state index contributed by atoms with van der Waals surface area (Å²) in [4.78, 5) is 11.4. The Hall–Kier alpha value is -1.75. The summed E-state index contributed by atoms with van der Waals surface area (Å²) in [6, 6.07) is 5.51. The van der Waals surface area contributed by atoms with E-state index < -0.39 is 6.10 Å². The number of hydrogen-bond acceptors (Lipinski definition) is 4. The third-order valence-electron chi connectivity index (χ3n) is 2.55. The maximum absolute atomic E-state index is 11.4. The highest BCUT2D eigenvalue weighted by molar-refractivity contribution is 5.80. The Balaban J connectivity index is 2.89. The average molecular weight is 252 g/mol. The molecule has 1 aromatic rings. The van der Waals surface area contributed by atoms with Crippen LogP contribution in [0, 0.1) is 0 Å². The molecule has 0 radical (unpaired) electrons. The first-order chi connectivity index (χ1) is 8.62. The lowest BCUT2D eigenvalue weighted by molar-refractivity contribution is -0.126. The molecule has 0 aromatic heterocycles. The highest BCUT2D eigenvalue weighted by Gasteiger charge is 2.15. The monoisotopic (exact) mass is 252 g/mol. The van der Waals surface area contributed by atoms with Gasteiger partial charge in [-0.05, 0) is 32.2 Å². The highest BCUT2D eigenvalue weighted by atomic mass is 16.5. The number of benzene rings is 1. The molecule has 0 spiro atoms. The van der Waals surface area contributed by atoms with Crippen molar-refractivity contribution in [1.29, 1.82) is 0 Å². The summed E-state index contributed by atoms with van der Waals surface area (Å²) in [5.41, 5.74) is 0.951. The molecule has 0 aliphatic carbocycles. The van der Waals surface area contributed by atoms with E-state index in [9.17, 15) is 4.79 Å². The summed E-state index contributed by atoms with van der Waals surface area (Å²) in [6.45, 7) is 2.36. The summed E-state index contributed by atoms with van der Waals surface area (Å²) in [7, 11) is 5.06. The van der Waals surface area contributed by atoms with Crippen LogP contribution in [0.15, 0.2) is 18.2 Å². The molecule has 0 bridgehead atoms. The molecule has 0 aliphatic rings. The van der Waals surface area contributed by atoms with Gasteiger partial charge in [0.15, 0.2) is 6.10 Å². The van der Waals surface area contributed by atoms with Gasteiger partial charge < -0.3 is 20.1 Å². The van der Waals surface area contributed by atoms with Gasteiger partial charge in [0, 0.05) is 19.2 Å². The van der Waals surface area contributed by atoms with Crippen molar-refractivity contribution in [3.8, 4) is 11.5 Å². The van der Waals surface area contributed by atoms with Crippen molar-refractivity contribution in [3.63, 3.8) is 0 Å². The fourth-order valence-electron chi connectivity index (χ4n) is 1.57. The normalized spacial score (nSPS) is 11.8. The van der Waals surface area contributed by atoms with Crippen LogP contribution in [0.2, 0.25) is 0 Å². The SMILES string of the molecule is CNCc1cc(OC)ccc1OC(C)C(=O)NC. The van der Waals surface area contributed by atoms with E-state index in [2.05, 4.69) is 10.6 Å². The summed E-state index contributed by atoms with van der Waals surface area (Å²) in [5, 5.41) is 5.61. The first-order valence-electron chi connectivity index (χ1n) is 5.82. The van der Waals surface area contributed by atoms with E-state index in [1.807, 2.05) is 25.2 Å². The van der Waals surface area contributed by atoms with Gasteiger partial charge in [0.1, 0.15) is 11.5 Å². The Kier molecular flexibility index (Phi) is 5.45. The third kappa shape index (κ3) is 3.63. The van der Waals surface area contributed by atoms with Gasteiger partial charge in [0.05, 0.1) is 7.11 Å². The standard InChI is InChI=1S/C13H20N2O3/c1-9(13(16)15-3)18-12-6-5-11(17-4)7-10(12)8-14-2/h5-7,9,14H,8H2,1-4H3,(H,15,16). The van der Waals surface area contributed by atoms with Crippen LogP contribution in [0.5, 0.6) is 11.5 Å². The Morgan fingerprint density at radius 1 is 1.39 bits per heavy atom. The number of carbonyl (C=O) groups excluding carboxylic acids is 1. The van der Waals surface area contributed by atoms with Gasteiger partial charge in [-0.1, -0.05) is 0 Å². The van der Waals surface area contributed by atoms with Gasteiger partial charge in [-0.2, -0.15) is 0 Å². The number of likely N-dealkylation sites (N-methyl/N-ethyl adjacent to an activating group) is 1. The van der Waals surface area contributed by atoms with Crippen LogP contribution >= 0.6 is 0 Å². The van der Waals surface area contributed by atoms with Gasteiger partial charge >= 0.3 is 0 Å². The largest absolute Gasteiger partial charge is 0.497 e. The van der Waals surface area contributed by atoms with Crippen molar-refractivity contribution >= 4 is 5.91 Å². The van der Waals surface area contributed by atoms with Crippen molar-refractivity contribution in [2.24, 2.45) is 0 Å². The molecule has 5 heteroatoms. The first kappa shape index (κ1) is 14.3. The molecule has 0 heterocycles. The van der Waals surface area contributed by atoms with Crippen molar-refractivity contribution in [2.75, 3.05) is 21.2 Å². The molecule has 1 atom stereocenters. The smallest absolute Gasteiger partial charge is 0.260 e. The van der Waals surface area contributed by atoms with Gasteiger partial charge in [-0.25, -0.2) is 0 Å². The molecule has 1 rings (SSSR count). The van der Waals surface area contributed by atoms with Crippen molar-refractivity contribution in [3.05, 3.63) is 23.8 Å². The maximum Gasteiger partial charge on any atom is 0.260 e. The molecular formula is C13H20N2O3. The lowest BCUT2D eigenvalue weighted by Crippen LogP contribution is -2.34. The minimum Gasteiger partial charge on any atom is -0.497 e. The van der Waals surface area contributed by atoms with Crippen LogP contribution in [0.25, 0.3) is 0 Å². The van der Waals surface area contributed by atoms with Crippen molar-refractivity contribution < 1.29 is 14.3 Å². The van der Waals surface area contributed by atoms with E-state index in [4.69, 9.17) is 9.47 Å². The molecule has 0 saturated heterocycles. The highest BCUT2D eigenvalue weighted by Crippen LogP contribution is 2.25. The van der Waals surface area contributed by atoms with Crippen LogP contribution in [0.4, 0.5) is 0 Å². The third-order valence-corrected chi connectivity index (χ3v) is 2.55. The molecule has 5 nitrogen and oxygen atoms in total. The number of ether oxygens (including phenoxy) is 2. The molecular weight excluding hydrogens is 232 g/mol. The molecule has 0 saturated carbocycles. The molecule has 1 amide bonds. The predicted molar refractivity (Wildman–Crippen MR) is 69.9 cm³/mol. The number of hydrogen-bond donors (Lipinski definition) is 2. The van der Waals surface area contributed by atoms with Crippen LogP contribution in [0.3, 0.4) is 0 Å². The van der Waals surface area contributed by atoms with E-state index in [1.165, 1.54) is 0 Å². The van der Waals surface area contributed by atoms with E-state index in [0.29, 0.717) is 12.3 Å². The molecule has 2 N–H and O–H groups in total. The summed E-state index contributed by atoms with van der Waals surface area (Å²) in [5.74, 6) is 1.29. The Labute approximate surface area is 107 Å². The second kappa shape index (κ2) is 6.86. The van der Waals surface area contributed by atoms with Gasteiger partial charge in [-0.15, -0.1) is 0 Å². The summed E-state index contributed by atoms with van der Waals surface area (Å²) in [6.07, 6.45) is -0.529. The number of carbonyl (C=O) groups is 1. The number of nitrogens with one attached hydrogen (secondary N) is 2. The number of methoxy groups -OCH3 is 1. The van der Waals surface area contributed by atoms with E-state index in [0.717, 1.165) is 11.3 Å². The number of rotatable bonds is 6. The zero-order valence-electron chi connectivity index (χ0n) is 11.2.